The van der Waals surface area contributed by atoms with Crippen LogP contribution in [0.3, 0.4) is 0 Å². The van der Waals surface area contributed by atoms with Crippen LogP contribution in [0.4, 0.5) is 5.69 Å². The molecule has 2 aromatic heterocycles. The zero-order valence-electron chi connectivity index (χ0n) is 22.9. The van der Waals surface area contributed by atoms with E-state index in [1.165, 1.54) is 11.1 Å². The number of fused-ring (bicyclic) bond motifs is 3. The number of hydrogen-bond donors (Lipinski definition) is 0. The van der Waals surface area contributed by atoms with Gasteiger partial charge in [-0.05, 0) is 46.4 Å². The molecular weight excluding hydrogens is 500 g/mol. The number of pyridine rings is 1. The fraction of sp³-hybridized carbons (Fsp3) is 0.0526. The van der Waals surface area contributed by atoms with E-state index >= 15 is 0 Å². The van der Waals surface area contributed by atoms with Crippen LogP contribution in [0.15, 0.2) is 132 Å². The van der Waals surface area contributed by atoms with Gasteiger partial charge in [-0.25, -0.2) is 9.41 Å². The van der Waals surface area contributed by atoms with E-state index in [1.54, 1.807) is 0 Å². The number of hydrogen-bond acceptors (Lipinski definition) is 1. The first-order valence-corrected chi connectivity index (χ1v) is 13.7. The largest absolute Gasteiger partial charge is 0.456 e. The topological polar surface area (TPSA) is 21.4 Å². The first kappa shape index (κ1) is 24.6. The predicted molar refractivity (Wildman–Crippen MR) is 168 cm³/mol. The molecule has 3 nitrogen and oxygen atoms in total. The molecule has 3 heteroatoms. The lowest BCUT2D eigenvalue weighted by molar-refractivity contribution is -0.660. The molecule has 0 atom stereocenters. The molecule has 0 saturated heterocycles. The van der Waals surface area contributed by atoms with Crippen LogP contribution < -0.4 is 4.57 Å². The third-order valence-electron chi connectivity index (χ3n) is 7.93. The molecule has 0 N–H and O–H groups in total. The van der Waals surface area contributed by atoms with Crippen molar-refractivity contribution in [3.63, 3.8) is 0 Å². The van der Waals surface area contributed by atoms with Crippen molar-refractivity contribution in [1.82, 2.24) is 0 Å². The Morgan fingerprint density at radius 2 is 1.10 bits per heavy atom. The predicted octanol–water partition coefficient (Wildman–Crippen LogP) is 9.94. The number of benzene rings is 5. The third-order valence-corrected chi connectivity index (χ3v) is 7.93. The second-order valence-corrected chi connectivity index (χ2v) is 10.4. The fourth-order valence-corrected chi connectivity index (χ4v) is 5.78. The Hall–Kier alpha value is -5.46. The van der Waals surface area contributed by atoms with Crippen LogP contribution in [0.5, 0.6) is 0 Å². The third kappa shape index (κ3) is 4.18. The van der Waals surface area contributed by atoms with Crippen molar-refractivity contribution >= 4 is 27.6 Å². The molecule has 0 bridgehead atoms. The maximum atomic E-state index is 7.93. The monoisotopic (exact) mass is 527 g/mol. The summed E-state index contributed by atoms with van der Waals surface area (Å²) >= 11 is 0. The van der Waals surface area contributed by atoms with Gasteiger partial charge in [-0.15, -0.1) is 0 Å². The number of aromatic nitrogens is 1. The van der Waals surface area contributed by atoms with Gasteiger partial charge in [-0.2, -0.15) is 0 Å². The molecule has 41 heavy (non-hydrogen) atoms. The molecule has 5 aromatic carbocycles. The van der Waals surface area contributed by atoms with Crippen LogP contribution in [0.1, 0.15) is 5.56 Å². The highest BCUT2D eigenvalue weighted by Crippen LogP contribution is 2.44. The van der Waals surface area contributed by atoms with Gasteiger partial charge < -0.3 is 4.42 Å². The number of furan rings is 1. The van der Waals surface area contributed by atoms with Gasteiger partial charge in [-0.1, -0.05) is 103 Å². The van der Waals surface area contributed by atoms with E-state index in [9.17, 15) is 0 Å². The van der Waals surface area contributed by atoms with Gasteiger partial charge in [-0.3, -0.25) is 0 Å². The molecule has 0 aliphatic carbocycles. The zero-order chi connectivity index (χ0) is 27.9. The number of rotatable bonds is 4. The summed E-state index contributed by atoms with van der Waals surface area (Å²) in [5.41, 5.74) is 12.0. The van der Waals surface area contributed by atoms with Crippen molar-refractivity contribution < 1.29 is 8.98 Å². The Bertz CT molecular complexity index is 2100. The summed E-state index contributed by atoms with van der Waals surface area (Å²) in [5.74, 6) is 0. The molecule has 0 spiro atoms. The van der Waals surface area contributed by atoms with Crippen LogP contribution in [-0.2, 0) is 7.05 Å². The summed E-state index contributed by atoms with van der Waals surface area (Å²) in [5, 5.41) is 2.07. The van der Waals surface area contributed by atoms with Crippen molar-refractivity contribution in [2.45, 2.75) is 6.92 Å². The van der Waals surface area contributed by atoms with Gasteiger partial charge in [0.25, 0.3) is 0 Å². The number of aryl methyl sites for hydroxylation is 2. The van der Waals surface area contributed by atoms with E-state index in [4.69, 9.17) is 11.0 Å². The Balaban J connectivity index is 1.34. The summed E-state index contributed by atoms with van der Waals surface area (Å²) in [6.45, 7) is 10.0. The van der Waals surface area contributed by atoms with Gasteiger partial charge in [0.05, 0.1) is 12.1 Å². The summed E-state index contributed by atoms with van der Waals surface area (Å²) in [7, 11) is 2.05. The van der Waals surface area contributed by atoms with Gasteiger partial charge in [0.2, 0.25) is 5.69 Å². The smallest absolute Gasteiger partial charge is 0.216 e. The van der Waals surface area contributed by atoms with Crippen LogP contribution >= 0.6 is 0 Å². The molecule has 0 saturated carbocycles. The SMILES string of the molecule is [C-]#[N+]c1ccc2c(oc3c(-c4cccc[n+]4C)c(C)ccc32)c1-c1ccc(-c2ccc(-c3ccccc3)cc2)cc1. The Labute approximate surface area is 239 Å². The highest BCUT2D eigenvalue weighted by Gasteiger charge is 2.22. The molecule has 0 fully saturated rings. The minimum absolute atomic E-state index is 0.583. The maximum absolute atomic E-state index is 7.93. The van der Waals surface area contributed by atoms with Gasteiger partial charge in [0.15, 0.2) is 11.9 Å². The molecule has 7 rings (SSSR count). The Kier molecular flexibility index (Phi) is 5.95. The first-order valence-electron chi connectivity index (χ1n) is 13.7. The van der Waals surface area contributed by atoms with Gasteiger partial charge >= 0.3 is 0 Å². The molecule has 7 aromatic rings. The Morgan fingerprint density at radius 3 is 1.71 bits per heavy atom. The molecule has 0 radical (unpaired) electrons. The molecule has 0 unspecified atom stereocenters. The standard InChI is InChI=1S/C38H27N2O/c1-25-12-21-31-32-22-23-33(39-2)36(38(32)41-37(31)35(25)34-11-7-8-24-40(34)3)30-19-17-29(18-20-30)28-15-13-27(14-16-28)26-9-5-4-6-10-26/h4-24H,1,3H3/q+1. The van der Waals surface area contributed by atoms with Crippen LogP contribution in [-0.4, -0.2) is 0 Å². The molecule has 0 aliphatic heterocycles. The molecule has 0 amide bonds. The van der Waals surface area contributed by atoms with Gasteiger partial charge in [0.1, 0.15) is 18.2 Å². The summed E-state index contributed by atoms with van der Waals surface area (Å²) in [4.78, 5) is 3.88. The summed E-state index contributed by atoms with van der Waals surface area (Å²) in [6.07, 6.45) is 2.05. The number of nitrogens with zero attached hydrogens (tertiary/aromatic N) is 2. The Morgan fingerprint density at radius 1 is 0.561 bits per heavy atom. The van der Waals surface area contributed by atoms with E-state index in [-0.39, 0.29) is 0 Å². The minimum Gasteiger partial charge on any atom is -0.456 e. The average molecular weight is 528 g/mol. The molecule has 2 heterocycles. The van der Waals surface area contributed by atoms with Crippen molar-refractivity contribution in [3.05, 3.63) is 145 Å². The lowest BCUT2D eigenvalue weighted by Gasteiger charge is -2.09. The van der Waals surface area contributed by atoms with Crippen molar-refractivity contribution in [3.8, 4) is 44.6 Å². The molecule has 194 valence electrons. The lowest BCUT2D eigenvalue weighted by Crippen LogP contribution is -2.30. The maximum Gasteiger partial charge on any atom is 0.216 e. The zero-order valence-corrected chi connectivity index (χ0v) is 22.9. The lowest BCUT2D eigenvalue weighted by atomic mass is 9.96. The summed E-state index contributed by atoms with van der Waals surface area (Å²) < 4.78 is 8.83. The van der Waals surface area contributed by atoms with E-state index in [0.29, 0.717) is 5.69 Å². The van der Waals surface area contributed by atoms with E-state index in [2.05, 4.69) is 127 Å². The molecular formula is C38H27N2O+. The second kappa shape index (κ2) is 9.93. The highest BCUT2D eigenvalue weighted by atomic mass is 16.3. The van der Waals surface area contributed by atoms with Crippen LogP contribution in [0.2, 0.25) is 0 Å². The summed E-state index contributed by atoms with van der Waals surface area (Å²) in [6, 6.07) is 41.9. The van der Waals surface area contributed by atoms with E-state index in [1.807, 2.05) is 24.3 Å². The molecule has 0 aliphatic rings. The van der Waals surface area contributed by atoms with Crippen molar-refractivity contribution in [1.29, 1.82) is 0 Å². The van der Waals surface area contributed by atoms with Crippen molar-refractivity contribution in [2.75, 3.05) is 0 Å². The van der Waals surface area contributed by atoms with Crippen molar-refractivity contribution in [2.24, 2.45) is 7.05 Å². The highest BCUT2D eigenvalue weighted by molar-refractivity contribution is 6.15. The average Bonchev–Trinajstić information content (AvgIpc) is 3.40. The van der Waals surface area contributed by atoms with E-state index in [0.717, 1.165) is 61.0 Å². The minimum atomic E-state index is 0.583. The fourth-order valence-electron chi connectivity index (χ4n) is 5.78. The van der Waals surface area contributed by atoms with Crippen LogP contribution in [0, 0.1) is 13.5 Å². The normalized spacial score (nSPS) is 11.1. The van der Waals surface area contributed by atoms with E-state index < -0.39 is 0 Å². The van der Waals surface area contributed by atoms with Crippen LogP contribution in [0.25, 0.3) is 71.4 Å². The quantitative estimate of drug-likeness (QED) is 0.165. The second-order valence-electron chi connectivity index (χ2n) is 10.4. The first-order chi connectivity index (χ1) is 20.1. The van der Waals surface area contributed by atoms with Gasteiger partial charge in [0, 0.05) is 28.5 Å².